The van der Waals surface area contributed by atoms with Crippen molar-refractivity contribution < 1.29 is 9.84 Å². The number of rotatable bonds is 8. The molecule has 0 atom stereocenters. The van der Waals surface area contributed by atoms with Crippen molar-refractivity contribution in [3.8, 4) is 5.75 Å². The first-order valence-corrected chi connectivity index (χ1v) is 8.58. The van der Waals surface area contributed by atoms with Gasteiger partial charge in [-0.15, -0.1) is 0 Å². The molecule has 0 fully saturated rings. The molecular formula is C20H24N2O2. The number of fused-ring (bicyclic) bond motifs is 1. The Balaban J connectivity index is 1.61. The van der Waals surface area contributed by atoms with E-state index < -0.39 is 0 Å². The third kappa shape index (κ3) is 3.77. The van der Waals surface area contributed by atoms with E-state index in [2.05, 4.69) is 34.7 Å². The molecule has 0 saturated heterocycles. The molecular weight excluding hydrogens is 300 g/mol. The molecule has 1 aromatic heterocycles. The minimum atomic E-state index is 0.115. The summed E-state index contributed by atoms with van der Waals surface area (Å²) in [6, 6.07) is 16.4. The lowest BCUT2D eigenvalue weighted by Crippen LogP contribution is -2.09. The summed E-state index contributed by atoms with van der Waals surface area (Å²) in [7, 11) is 0. The van der Waals surface area contributed by atoms with Gasteiger partial charge in [-0.05, 0) is 42.7 Å². The van der Waals surface area contributed by atoms with Crippen LogP contribution in [-0.2, 0) is 19.4 Å². The molecule has 4 heteroatoms. The van der Waals surface area contributed by atoms with Crippen LogP contribution in [0, 0.1) is 0 Å². The molecule has 0 aliphatic rings. The Morgan fingerprint density at radius 2 is 1.88 bits per heavy atom. The Bertz CT molecular complexity index is 778. The van der Waals surface area contributed by atoms with Crippen molar-refractivity contribution >= 4 is 11.0 Å². The highest BCUT2D eigenvalue weighted by Crippen LogP contribution is 2.17. The zero-order valence-electron chi connectivity index (χ0n) is 14.1. The molecule has 0 aliphatic heterocycles. The van der Waals surface area contributed by atoms with Gasteiger partial charge in [-0.2, -0.15) is 0 Å². The largest absolute Gasteiger partial charge is 0.494 e. The Labute approximate surface area is 142 Å². The summed E-state index contributed by atoms with van der Waals surface area (Å²) in [5, 5.41) is 9.25. The van der Waals surface area contributed by atoms with E-state index in [1.165, 1.54) is 5.56 Å². The molecule has 1 N–H and O–H groups in total. The SMILES string of the molecule is CCc1ccc(OCCCn2c(CCO)nc3ccccc32)cc1. The third-order valence-corrected chi connectivity index (χ3v) is 4.20. The molecule has 3 aromatic rings. The Hall–Kier alpha value is -2.33. The van der Waals surface area contributed by atoms with Crippen molar-refractivity contribution in [3.63, 3.8) is 0 Å². The minimum absolute atomic E-state index is 0.115. The van der Waals surface area contributed by atoms with Gasteiger partial charge in [-0.3, -0.25) is 0 Å². The third-order valence-electron chi connectivity index (χ3n) is 4.20. The first-order chi connectivity index (χ1) is 11.8. The van der Waals surface area contributed by atoms with Crippen LogP contribution in [-0.4, -0.2) is 27.9 Å². The van der Waals surface area contributed by atoms with E-state index in [1.807, 2.05) is 30.3 Å². The van der Waals surface area contributed by atoms with E-state index in [1.54, 1.807) is 0 Å². The summed E-state index contributed by atoms with van der Waals surface area (Å²) in [4.78, 5) is 4.62. The van der Waals surface area contributed by atoms with Crippen molar-refractivity contribution in [1.29, 1.82) is 0 Å². The van der Waals surface area contributed by atoms with E-state index in [9.17, 15) is 5.11 Å². The number of aliphatic hydroxyl groups excluding tert-OH is 1. The minimum Gasteiger partial charge on any atom is -0.494 e. The second kappa shape index (κ2) is 7.97. The van der Waals surface area contributed by atoms with Crippen LogP contribution in [0.15, 0.2) is 48.5 Å². The first kappa shape index (κ1) is 16.5. The lowest BCUT2D eigenvalue weighted by atomic mass is 10.2. The average molecular weight is 324 g/mol. The maximum absolute atomic E-state index is 9.25. The number of hydrogen-bond acceptors (Lipinski definition) is 3. The van der Waals surface area contributed by atoms with Gasteiger partial charge in [0.15, 0.2) is 0 Å². The number of benzene rings is 2. The van der Waals surface area contributed by atoms with E-state index in [0.717, 1.165) is 42.0 Å². The highest BCUT2D eigenvalue weighted by Gasteiger charge is 2.09. The smallest absolute Gasteiger partial charge is 0.119 e. The van der Waals surface area contributed by atoms with Gasteiger partial charge in [0.05, 0.1) is 24.2 Å². The lowest BCUT2D eigenvalue weighted by Gasteiger charge is -2.10. The van der Waals surface area contributed by atoms with Gasteiger partial charge < -0.3 is 14.4 Å². The maximum Gasteiger partial charge on any atom is 0.119 e. The van der Waals surface area contributed by atoms with Gasteiger partial charge in [0, 0.05) is 13.0 Å². The molecule has 0 amide bonds. The highest BCUT2D eigenvalue weighted by molar-refractivity contribution is 5.75. The standard InChI is InChI=1S/C20H24N2O2/c1-2-16-8-10-17(11-9-16)24-15-5-13-22-19-7-4-3-6-18(19)21-20(22)12-14-23/h3-4,6-11,23H,2,5,12-15H2,1H3. The van der Waals surface area contributed by atoms with Crippen LogP contribution in [0.1, 0.15) is 24.7 Å². The molecule has 0 aliphatic carbocycles. The van der Waals surface area contributed by atoms with Crippen LogP contribution in [0.2, 0.25) is 0 Å². The number of aromatic nitrogens is 2. The summed E-state index contributed by atoms with van der Waals surface area (Å²) >= 11 is 0. The molecule has 0 radical (unpaired) electrons. The fourth-order valence-electron chi connectivity index (χ4n) is 2.90. The van der Waals surface area contributed by atoms with Gasteiger partial charge in [-0.1, -0.05) is 31.2 Å². The molecule has 0 saturated carbocycles. The average Bonchev–Trinajstić information content (AvgIpc) is 2.97. The first-order valence-electron chi connectivity index (χ1n) is 8.58. The van der Waals surface area contributed by atoms with Gasteiger partial charge in [0.2, 0.25) is 0 Å². The second-order valence-electron chi connectivity index (χ2n) is 5.84. The number of imidazole rings is 1. The lowest BCUT2D eigenvalue weighted by molar-refractivity contribution is 0.289. The van der Waals surface area contributed by atoms with Crippen LogP contribution in [0.5, 0.6) is 5.75 Å². The molecule has 24 heavy (non-hydrogen) atoms. The molecule has 3 rings (SSSR count). The summed E-state index contributed by atoms with van der Waals surface area (Å²) in [5.41, 5.74) is 3.42. The number of para-hydroxylation sites is 2. The van der Waals surface area contributed by atoms with Crippen molar-refractivity contribution in [3.05, 3.63) is 59.9 Å². The molecule has 126 valence electrons. The number of hydrogen-bond donors (Lipinski definition) is 1. The molecule has 0 spiro atoms. The second-order valence-corrected chi connectivity index (χ2v) is 5.84. The van der Waals surface area contributed by atoms with Crippen LogP contribution < -0.4 is 4.74 Å². The monoisotopic (exact) mass is 324 g/mol. The van der Waals surface area contributed by atoms with Crippen LogP contribution >= 0.6 is 0 Å². The Morgan fingerprint density at radius 1 is 1.08 bits per heavy atom. The van der Waals surface area contributed by atoms with E-state index >= 15 is 0 Å². The normalized spacial score (nSPS) is 11.1. The van der Waals surface area contributed by atoms with E-state index in [0.29, 0.717) is 13.0 Å². The van der Waals surface area contributed by atoms with Crippen molar-refractivity contribution in [1.82, 2.24) is 9.55 Å². The van der Waals surface area contributed by atoms with Crippen molar-refractivity contribution in [2.45, 2.75) is 32.7 Å². The summed E-state index contributed by atoms with van der Waals surface area (Å²) in [5.74, 6) is 1.85. The summed E-state index contributed by atoms with van der Waals surface area (Å²) < 4.78 is 8.02. The Morgan fingerprint density at radius 3 is 2.62 bits per heavy atom. The quantitative estimate of drug-likeness (QED) is 0.644. The molecule has 2 aromatic carbocycles. The number of aryl methyl sites for hydroxylation is 2. The number of ether oxygens (including phenoxy) is 1. The Kier molecular flexibility index (Phi) is 5.49. The van der Waals surface area contributed by atoms with E-state index in [-0.39, 0.29) is 6.61 Å². The van der Waals surface area contributed by atoms with Crippen molar-refractivity contribution in [2.24, 2.45) is 0 Å². The predicted octanol–water partition coefficient (Wildman–Crippen LogP) is 3.60. The van der Waals surface area contributed by atoms with Crippen LogP contribution in [0.3, 0.4) is 0 Å². The summed E-state index contributed by atoms with van der Waals surface area (Å²) in [6.07, 6.45) is 2.52. The molecule has 4 nitrogen and oxygen atoms in total. The van der Waals surface area contributed by atoms with Crippen LogP contribution in [0.4, 0.5) is 0 Å². The fourth-order valence-corrected chi connectivity index (χ4v) is 2.90. The van der Waals surface area contributed by atoms with Gasteiger partial charge in [-0.25, -0.2) is 4.98 Å². The highest BCUT2D eigenvalue weighted by atomic mass is 16.5. The van der Waals surface area contributed by atoms with Gasteiger partial charge >= 0.3 is 0 Å². The summed E-state index contributed by atoms with van der Waals surface area (Å²) in [6.45, 7) is 3.76. The number of aliphatic hydroxyl groups is 1. The molecule has 0 unspecified atom stereocenters. The fraction of sp³-hybridized carbons (Fsp3) is 0.350. The maximum atomic E-state index is 9.25. The topological polar surface area (TPSA) is 47.3 Å². The van der Waals surface area contributed by atoms with E-state index in [4.69, 9.17) is 4.74 Å². The van der Waals surface area contributed by atoms with Crippen molar-refractivity contribution in [2.75, 3.05) is 13.2 Å². The predicted molar refractivity (Wildman–Crippen MR) is 96.5 cm³/mol. The number of nitrogens with zero attached hydrogens (tertiary/aromatic N) is 2. The zero-order valence-corrected chi connectivity index (χ0v) is 14.1. The van der Waals surface area contributed by atoms with Gasteiger partial charge in [0.25, 0.3) is 0 Å². The molecule has 1 heterocycles. The van der Waals surface area contributed by atoms with Crippen LogP contribution in [0.25, 0.3) is 11.0 Å². The zero-order chi connectivity index (χ0) is 16.8. The molecule has 0 bridgehead atoms. The van der Waals surface area contributed by atoms with Gasteiger partial charge in [0.1, 0.15) is 11.6 Å².